The molecule has 2 aromatic rings. The van der Waals surface area contributed by atoms with Crippen molar-refractivity contribution in [2.75, 3.05) is 13.2 Å². The molecule has 2 aliphatic rings. The number of fused-ring (bicyclic) bond motifs is 1. The second kappa shape index (κ2) is 6.01. The zero-order valence-corrected chi connectivity index (χ0v) is 14.1. The van der Waals surface area contributed by atoms with Crippen molar-refractivity contribution in [1.82, 2.24) is 24.6 Å². The van der Waals surface area contributed by atoms with E-state index in [0.29, 0.717) is 26.2 Å². The number of ether oxygens (including phenoxy) is 1. The van der Waals surface area contributed by atoms with E-state index in [2.05, 4.69) is 35.7 Å². The normalized spacial score (nSPS) is 20.6. The van der Waals surface area contributed by atoms with Crippen LogP contribution in [0.1, 0.15) is 18.7 Å². The van der Waals surface area contributed by atoms with Gasteiger partial charge in [-0.25, -0.2) is 0 Å². The van der Waals surface area contributed by atoms with Crippen molar-refractivity contribution in [3.05, 3.63) is 28.8 Å². The van der Waals surface area contributed by atoms with Crippen LogP contribution in [-0.4, -0.2) is 49.8 Å². The maximum atomic E-state index is 12.5. The van der Waals surface area contributed by atoms with Gasteiger partial charge < -0.3 is 14.2 Å². The molecule has 0 aromatic carbocycles. The number of amides is 1. The smallest absolute Gasteiger partial charge is 0.252 e. The van der Waals surface area contributed by atoms with Gasteiger partial charge in [-0.1, -0.05) is 0 Å². The number of carbonyl (C=O) groups excluding carboxylic acids is 1. The molecule has 2 aromatic heterocycles. The largest absolute Gasteiger partial charge is 0.368 e. The van der Waals surface area contributed by atoms with E-state index in [1.807, 2.05) is 11.0 Å². The Morgan fingerprint density at radius 1 is 1.30 bits per heavy atom. The predicted octanol–water partition coefficient (Wildman–Crippen LogP) is 1.62. The highest BCUT2D eigenvalue weighted by Gasteiger charge is 2.31. The van der Waals surface area contributed by atoms with E-state index in [-0.39, 0.29) is 12.0 Å². The van der Waals surface area contributed by atoms with E-state index < -0.39 is 0 Å². The minimum Gasteiger partial charge on any atom is -0.368 e. The number of pyridine rings is 1. The van der Waals surface area contributed by atoms with Crippen LogP contribution < -0.4 is 0 Å². The van der Waals surface area contributed by atoms with Crippen molar-refractivity contribution in [3.8, 4) is 11.4 Å². The van der Waals surface area contributed by atoms with Crippen LogP contribution in [0.5, 0.6) is 0 Å². The van der Waals surface area contributed by atoms with E-state index in [9.17, 15) is 4.79 Å². The quantitative estimate of drug-likeness (QED) is 0.794. The summed E-state index contributed by atoms with van der Waals surface area (Å²) in [5.41, 5.74) is 0.914. The summed E-state index contributed by atoms with van der Waals surface area (Å²) in [6.45, 7) is 2.49. The molecule has 7 nitrogen and oxygen atoms in total. The van der Waals surface area contributed by atoms with E-state index in [4.69, 9.17) is 4.74 Å². The standard InChI is InChI=1S/C15H16BrN5O2/c16-11-6-10(7-17-8-11)14-19-18-13-9-20(3-4-21(13)14)15(22)12-2-1-5-23-12/h6-8,12H,1-5,9H2/t12-/m0/s1. The summed E-state index contributed by atoms with van der Waals surface area (Å²) in [6, 6.07) is 1.97. The molecule has 0 N–H and O–H groups in total. The highest BCUT2D eigenvalue weighted by molar-refractivity contribution is 9.10. The van der Waals surface area contributed by atoms with Crippen LogP contribution in [0.15, 0.2) is 22.9 Å². The molecular weight excluding hydrogens is 362 g/mol. The van der Waals surface area contributed by atoms with Crippen LogP contribution in [-0.2, 0) is 22.6 Å². The van der Waals surface area contributed by atoms with E-state index >= 15 is 0 Å². The van der Waals surface area contributed by atoms with Crippen molar-refractivity contribution in [3.63, 3.8) is 0 Å². The number of carbonyl (C=O) groups is 1. The number of hydrogen-bond acceptors (Lipinski definition) is 5. The SMILES string of the molecule is O=C([C@@H]1CCCO1)N1CCn2c(nnc2-c2cncc(Br)c2)C1. The first kappa shape index (κ1) is 14.8. The van der Waals surface area contributed by atoms with Crippen LogP contribution in [0.2, 0.25) is 0 Å². The minimum absolute atomic E-state index is 0.0717. The summed E-state index contributed by atoms with van der Waals surface area (Å²) < 4.78 is 8.46. The van der Waals surface area contributed by atoms with Crippen molar-refractivity contribution < 1.29 is 9.53 Å². The molecule has 8 heteroatoms. The molecule has 0 radical (unpaired) electrons. The van der Waals surface area contributed by atoms with Gasteiger partial charge in [-0.2, -0.15) is 0 Å². The summed E-state index contributed by atoms with van der Waals surface area (Å²) in [5, 5.41) is 8.54. The Hall–Kier alpha value is -1.80. The third-order valence-corrected chi connectivity index (χ3v) is 4.67. The third-order valence-electron chi connectivity index (χ3n) is 4.23. The average Bonchev–Trinajstić information content (AvgIpc) is 3.23. The highest BCUT2D eigenvalue weighted by atomic mass is 79.9. The molecule has 4 rings (SSSR count). The van der Waals surface area contributed by atoms with Crippen LogP contribution in [0, 0.1) is 0 Å². The van der Waals surface area contributed by atoms with Crippen molar-refractivity contribution in [2.45, 2.75) is 32.0 Å². The second-order valence-corrected chi connectivity index (χ2v) is 6.66. The van der Waals surface area contributed by atoms with E-state index in [1.54, 1.807) is 12.4 Å². The summed E-state index contributed by atoms with van der Waals surface area (Å²) >= 11 is 3.42. The Bertz CT molecular complexity index is 741. The van der Waals surface area contributed by atoms with Crippen LogP contribution >= 0.6 is 15.9 Å². The molecule has 4 heterocycles. The molecule has 0 spiro atoms. The Kier molecular flexibility index (Phi) is 3.86. The number of rotatable bonds is 2. The van der Waals surface area contributed by atoms with Gasteiger partial charge in [0.05, 0.1) is 6.54 Å². The highest BCUT2D eigenvalue weighted by Crippen LogP contribution is 2.24. The number of nitrogens with zero attached hydrogens (tertiary/aromatic N) is 5. The van der Waals surface area contributed by atoms with Gasteiger partial charge in [-0.05, 0) is 34.8 Å². The van der Waals surface area contributed by atoms with Crippen LogP contribution in [0.25, 0.3) is 11.4 Å². The van der Waals surface area contributed by atoms with E-state index in [0.717, 1.165) is 34.5 Å². The first-order chi connectivity index (χ1) is 11.2. The van der Waals surface area contributed by atoms with Crippen LogP contribution in [0.3, 0.4) is 0 Å². The molecule has 1 amide bonds. The summed E-state index contributed by atoms with van der Waals surface area (Å²) in [5.74, 6) is 1.66. The van der Waals surface area contributed by atoms with E-state index in [1.165, 1.54) is 0 Å². The number of aromatic nitrogens is 4. The Morgan fingerprint density at radius 2 is 2.22 bits per heavy atom. The monoisotopic (exact) mass is 377 g/mol. The first-order valence-electron chi connectivity index (χ1n) is 7.66. The summed E-state index contributed by atoms with van der Waals surface area (Å²) in [6.07, 6.45) is 5.00. The van der Waals surface area contributed by atoms with Crippen molar-refractivity contribution in [2.24, 2.45) is 0 Å². The van der Waals surface area contributed by atoms with Gasteiger partial charge in [0.2, 0.25) is 0 Å². The fourth-order valence-electron chi connectivity index (χ4n) is 3.07. The minimum atomic E-state index is -0.279. The number of hydrogen-bond donors (Lipinski definition) is 0. The Labute approximate surface area is 141 Å². The third kappa shape index (κ3) is 2.76. The summed E-state index contributed by atoms with van der Waals surface area (Å²) in [4.78, 5) is 18.5. The Morgan fingerprint density at radius 3 is 3.00 bits per heavy atom. The fraction of sp³-hybridized carbons (Fsp3) is 0.467. The molecule has 1 fully saturated rings. The zero-order chi connectivity index (χ0) is 15.8. The van der Waals surface area contributed by atoms with Gasteiger partial charge in [0.25, 0.3) is 5.91 Å². The number of halogens is 1. The molecule has 1 atom stereocenters. The van der Waals surface area contributed by atoms with Gasteiger partial charge in [0, 0.05) is 42.1 Å². The Balaban J connectivity index is 1.56. The zero-order valence-electron chi connectivity index (χ0n) is 12.5. The lowest BCUT2D eigenvalue weighted by atomic mass is 10.2. The second-order valence-electron chi connectivity index (χ2n) is 5.74. The molecule has 23 heavy (non-hydrogen) atoms. The van der Waals surface area contributed by atoms with Gasteiger partial charge in [0.15, 0.2) is 11.6 Å². The topological polar surface area (TPSA) is 73.1 Å². The fourth-order valence-corrected chi connectivity index (χ4v) is 3.43. The van der Waals surface area contributed by atoms with Gasteiger partial charge in [0.1, 0.15) is 6.10 Å². The maximum Gasteiger partial charge on any atom is 0.252 e. The van der Waals surface area contributed by atoms with Gasteiger partial charge >= 0.3 is 0 Å². The molecular formula is C15H16BrN5O2. The lowest BCUT2D eigenvalue weighted by molar-refractivity contribution is -0.142. The molecule has 1 saturated heterocycles. The molecule has 2 aliphatic heterocycles. The average molecular weight is 378 g/mol. The molecule has 0 bridgehead atoms. The van der Waals surface area contributed by atoms with Gasteiger partial charge in [-0.15, -0.1) is 10.2 Å². The lowest BCUT2D eigenvalue weighted by Crippen LogP contribution is -2.43. The van der Waals surface area contributed by atoms with Crippen molar-refractivity contribution in [1.29, 1.82) is 0 Å². The van der Waals surface area contributed by atoms with Crippen molar-refractivity contribution >= 4 is 21.8 Å². The first-order valence-corrected chi connectivity index (χ1v) is 8.45. The van der Waals surface area contributed by atoms with Crippen LogP contribution in [0.4, 0.5) is 0 Å². The van der Waals surface area contributed by atoms with Gasteiger partial charge in [-0.3, -0.25) is 9.78 Å². The molecule has 0 aliphatic carbocycles. The lowest BCUT2D eigenvalue weighted by Gasteiger charge is -2.29. The maximum absolute atomic E-state index is 12.5. The molecule has 0 unspecified atom stereocenters. The molecule has 120 valence electrons. The molecule has 0 saturated carbocycles. The predicted molar refractivity (Wildman–Crippen MR) is 85.3 cm³/mol. The summed E-state index contributed by atoms with van der Waals surface area (Å²) in [7, 11) is 0.